The Kier molecular flexibility index (Phi) is 4.89. The molecule has 0 radical (unpaired) electrons. The van der Waals surface area contributed by atoms with E-state index in [0.29, 0.717) is 6.42 Å². The van der Waals surface area contributed by atoms with Crippen molar-refractivity contribution in [3.8, 4) is 0 Å². The molecule has 0 bridgehead atoms. The summed E-state index contributed by atoms with van der Waals surface area (Å²) in [6.07, 6.45) is 0.561. The fourth-order valence-electron chi connectivity index (χ4n) is 3.22. The molecule has 0 aromatic heterocycles. The van der Waals surface area contributed by atoms with E-state index in [1.165, 1.54) is 7.11 Å². The van der Waals surface area contributed by atoms with Gasteiger partial charge in [-0.15, -0.1) is 0 Å². The summed E-state index contributed by atoms with van der Waals surface area (Å²) in [4.78, 5) is 14.1. The number of methoxy groups -OCH3 is 1. The maximum Gasteiger partial charge on any atom is 0.325 e. The zero-order chi connectivity index (χ0) is 15.8. The number of ether oxygens (including phenoxy) is 2. The van der Waals surface area contributed by atoms with E-state index < -0.39 is 5.54 Å². The molecule has 1 rings (SSSR count). The molecule has 1 saturated heterocycles. The minimum atomic E-state index is -0.958. The Morgan fingerprint density at radius 2 is 1.80 bits per heavy atom. The summed E-state index contributed by atoms with van der Waals surface area (Å²) in [5.41, 5.74) is 4.72. The fraction of sp³-hybridized carbons (Fsp3) is 0.933. The van der Waals surface area contributed by atoms with Crippen molar-refractivity contribution >= 4 is 5.97 Å². The second-order valence-corrected chi connectivity index (χ2v) is 7.49. The van der Waals surface area contributed by atoms with Crippen LogP contribution < -0.4 is 5.73 Å². The Morgan fingerprint density at radius 1 is 1.35 bits per heavy atom. The fourth-order valence-corrected chi connectivity index (χ4v) is 3.22. The topological polar surface area (TPSA) is 64.8 Å². The standard InChI is InChI=1S/C15H30N2O3/c1-11(8-15(6,16)12(18)19-7)17-9-13(2,3)20-14(4,5)10-17/h11H,8-10,16H2,1-7H3. The Labute approximate surface area is 122 Å². The molecular formula is C15H30N2O3. The summed E-state index contributed by atoms with van der Waals surface area (Å²) in [6, 6.07) is 0.187. The first-order chi connectivity index (χ1) is 8.88. The van der Waals surface area contributed by atoms with Crippen molar-refractivity contribution < 1.29 is 14.3 Å². The van der Waals surface area contributed by atoms with Crippen LogP contribution in [0.25, 0.3) is 0 Å². The van der Waals surface area contributed by atoms with Gasteiger partial charge in [-0.2, -0.15) is 0 Å². The van der Waals surface area contributed by atoms with Crippen LogP contribution in [0, 0.1) is 0 Å². The van der Waals surface area contributed by atoms with Crippen LogP contribution in [0.4, 0.5) is 0 Å². The lowest BCUT2D eigenvalue weighted by Crippen LogP contribution is -2.61. The smallest absolute Gasteiger partial charge is 0.325 e. The molecule has 118 valence electrons. The molecule has 1 aliphatic heterocycles. The highest BCUT2D eigenvalue weighted by atomic mass is 16.5. The molecule has 5 heteroatoms. The van der Waals surface area contributed by atoms with Gasteiger partial charge in [0.1, 0.15) is 5.54 Å². The predicted octanol–water partition coefficient (Wildman–Crippen LogP) is 1.54. The molecule has 5 nitrogen and oxygen atoms in total. The molecule has 2 unspecified atom stereocenters. The van der Waals surface area contributed by atoms with E-state index in [-0.39, 0.29) is 23.2 Å². The lowest BCUT2D eigenvalue weighted by Gasteiger charge is -2.49. The van der Waals surface area contributed by atoms with Crippen LogP contribution in [0.1, 0.15) is 48.0 Å². The van der Waals surface area contributed by atoms with Gasteiger partial charge < -0.3 is 15.2 Å². The highest BCUT2D eigenvalue weighted by molar-refractivity contribution is 5.79. The highest BCUT2D eigenvalue weighted by Gasteiger charge is 2.41. The quantitative estimate of drug-likeness (QED) is 0.794. The molecule has 2 atom stereocenters. The minimum Gasteiger partial charge on any atom is -0.468 e. The average molecular weight is 286 g/mol. The number of hydrogen-bond acceptors (Lipinski definition) is 5. The van der Waals surface area contributed by atoms with Crippen LogP contribution in [0.15, 0.2) is 0 Å². The van der Waals surface area contributed by atoms with Crippen molar-refractivity contribution in [2.45, 2.75) is 70.7 Å². The van der Waals surface area contributed by atoms with Gasteiger partial charge in [-0.1, -0.05) is 0 Å². The molecule has 1 aliphatic rings. The number of nitrogens with zero attached hydrogens (tertiary/aromatic N) is 1. The number of nitrogens with two attached hydrogens (primary N) is 1. The van der Waals surface area contributed by atoms with Crippen LogP contribution in [-0.4, -0.2) is 53.9 Å². The monoisotopic (exact) mass is 286 g/mol. The van der Waals surface area contributed by atoms with Crippen molar-refractivity contribution in [1.82, 2.24) is 4.90 Å². The third-order valence-electron chi connectivity index (χ3n) is 3.71. The van der Waals surface area contributed by atoms with E-state index >= 15 is 0 Å². The normalized spacial score (nSPS) is 26.6. The Bertz CT molecular complexity index is 348. The third-order valence-corrected chi connectivity index (χ3v) is 3.71. The van der Waals surface area contributed by atoms with Crippen LogP contribution in [0.5, 0.6) is 0 Å². The van der Waals surface area contributed by atoms with Crippen LogP contribution in [0.3, 0.4) is 0 Å². The number of rotatable bonds is 4. The van der Waals surface area contributed by atoms with Crippen LogP contribution >= 0.6 is 0 Å². The van der Waals surface area contributed by atoms with Crippen molar-refractivity contribution in [3.63, 3.8) is 0 Å². The van der Waals surface area contributed by atoms with Gasteiger partial charge in [-0.25, -0.2) is 0 Å². The molecule has 0 amide bonds. The van der Waals surface area contributed by atoms with E-state index in [1.807, 2.05) is 0 Å². The minimum absolute atomic E-state index is 0.187. The largest absolute Gasteiger partial charge is 0.468 e. The molecule has 1 fully saturated rings. The molecule has 20 heavy (non-hydrogen) atoms. The maximum atomic E-state index is 11.7. The van der Waals surface area contributed by atoms with Gasteiger partial charge in [0.2, 0.25) is 0 Å². The lowest BCUT2D eigenvalue weighted by molar-refractivity contribution is -0.188. The first kappa shape index (κ1) is 17.4. The number of esters is 1. The molecular weight excluding hydrogens is 256 g/mol. The number of hydrogen-bond donors (Lipinski definition) is 1. The molecule has 0 aromatic rings. The Morgan fingerprint density at radius 3 is 2.20 bits per heavy atom. The van der Waals surface area contributed by atoms with Crippen molar-refractivity contribution in [2.24, 2.45) is 5.73 Å². The lowest BCUT2D eigenvalue weighted by atomic mass is 9.91. The summed E-state index contributed by atoms with van der Waals surface area (Å²) >= 11 is 0. The Balaban J connectivity index is 2.77. The maximum absolute atomic E-state index is 11.7. The summed E-state index contributed by atoms with van der Waals surface area (Å²) in [5, 5.41) is 0. The second kappa shape index (κ2) is 5.62. The SMILES string of the molecule is COC(=O)C(C)(N)CC(C)N1CC(C)(C)OC(C)(C)C1. The van der Waals surface area contributed by atoms with Gasteiger partial charge in [0.15, 0.2) is 0 Å². The van der Waals surface area contributed by atoms with E-state index in [0.717, 1.165) is 13.1 Å². The summed E-state index contributed by atoms with van der Waals surface area (Å²) in [7, 11) is 1.37. The van der Waals surface area contributed by atoms with Crippen LogP contribution in [-0.2, 0) is 14.3 Å². The van der Waals surface area contributed by atoms with Gasteiger partial charge in [-0.3, -0.25) is 9.69 Å². The van der Waals surface area contributed by atoms with E-state index in [4.69, 9.17) is 15.2 Å². The highest BCUT2D eigenvalue weighted by Crippen LogP contribution is 2.30. The third kappa shape index (κ3) is 4.43. The molecule has 2 N–H and O–H groups in total. The summed E-state index contributed by atoms with van der Waals surface area (Å²) < 4.78 is 10.9. The second-order valence-electron chi connectivity index (χ2n) is 7.49. The van der Waals surface area contributed by atoms with E-state index in [9.17, 15) is 4.79 Å². The molecule has 0 saturated carbocycles. The zero-order valence-electron chi connectivity index (χ0n) is 13.9. The Hall–Kier alpha value is -0.650. The summed E-state index contributed by atoms with van der Waals surface area (Å²) in [5.74, 6) is -0.365. The van der Waals surface area contributed by atoms with Crippen molar-refractivity contribution in [2.75, 3.05) is 20.2 Å². The van der Waals surface area contributed by atoms with E-state index in [1.54, 1.807) is 6.92 Å². The van der Waals surface area contributed by atoms with Gasteiger partial charge in [0, 0.05) is 19.1 Å². The molecule has 0 aliphatic carbocycles. The number of morpholine rings is 1. The predicted molar refractivity (Wildman–Crippen MR) is 79.5 cm³/mol. The van der Waals surface area contributed by atoms with E-state index in [2.05, 4.69) is 39.5 Å². The van der Waals surface area contributed by atoms with Gasteiger partial charge in [-0.05, 0) is 48.0 Å². The first-order valence-corrected chi connectivity index (χ1v) is 7.20. The molecule has 1 heterocycles. The van der Waals surface area contributed by atoms with Gasteiger partial charge in [0.05, 0.1) is 18.3 Å². The van der Waals surface area contributed by atoms with Crippen LogP contribution in [0.2, 0.25) is 0 Å². The van der Waals surface area contributed by atoms with Gasteiger partial charge >= 0.3 is 5.97 Å². The average Bonchev–Trinajstić information content (AvgIpc) is 2.22. The molecule has 0 aromatic carbocycles. The molecule has 0 spiro atoms. The summed E-state index contributed by atoms with van der Waals surface area (Å²) in [6.45, 7) is 13.9. The number of carbonyl (C=O) groups is 1. The van der Waals surface area contributed by atoms with Crippen molar-refractivity contribution in [3.05, 3.63) is 0 Å². The van der Waals surface area contributed by atoms with Gasteiger partial charge in [0.25, 0.3) is 0 Å². The number of carbonyl (C=O) groups excluding carboxylic acids is 1. The zero-order valence-corrected chi connectivity index (χ0v) is 13.9. The van der Waals surface area contributed by atoms with Crippen molar-refractivity contribution in [1.29, 1.82) is 0 Å². The first-order valence-electron chi connectivity index (χ1n) is 7.20.